The lowest BCUT2D eigenvalue weighted by molar-refractivity contribution is 0.359. The molecule has 0 aliphatic carbocycles. The average Bonchev–Trinajstić information content (AvgIpc) is 2.48. The first-order valence-corrected chi connectivity index (χ1v) is 11.6. The minimum atomic E-state index is -1.79. The largest absolute Gasteiger partial charge is 0.547 e. The molecule has 2 heteroatoms. The fourth-order valence-corrected chi connectivity index (χ4v) is 3.37. The predicted octanol–water partition coefficient (Wildman–Crippen LogP) is 6.88. The van der Waals surface area contributed by atoms with Gasteiger partial charge in [-0.15, -0.1) is 6.58 Å². The Bertz CT molecular complexity index is 521. The van der Waals surface area contributed by atoms with E-state index in [9.17, 15) is 0 Å². The second-order valence-corrected chi connectivity index (χ2v) is 12.6. The molecule has 1 aromatic rings. The number of hydrogen-bond donors (Lipinski definition) is 0. The Morgan fingerprint density at radius 2 is 1.74 bits per heavy atom. The van der Waals surface area contributed by atoms with Gasteiger partial charge >= 0.3 is 0 Å². The molecule has 0 spiro atoms. The van der Waals surface area contributed by atoms with Crippen LogP contribution in [0.5, 0.6) is 0 Å². The Hall–Kier alpha value is -1.28. The van der Waals surface area contributed by atoms with E-state index in [0.29, 0.717) is 0 Å². The van der Waals surface area contributed by atoms with E-state index in [1.165, 1.54) is 16.9 Å². The summed E-state index contributed by atoms with van der Waals surface area (Å²) in [6.07, 6.45) is 6.07. The second kappa shape index (κ2) is 8.54. The summed E-state index contributed by atoms with van der Waals surface area (Å²) in [5.41, 5.74) is 2.76. The van der Waals surface area contributed by atoms with E-state index in [-0.39, 0.29) is 5.04 Å². The molecule has 0 saturated carbocycles. The van der Waals surface area contributed by atoms with Gasteiger partial charge in [0.2, 0.25) is 8.32 Å². The number of allylic oxidation sites excluding steroid dienone is 3. The number of rotatable bonds is 8. The van der Waals surface area contributed by atoms with Crippen molar-refractivity contribution in [3.8, 4) is 0 Å². The van der Waals surface area contributed by atoms with E-state index in [1.54, 1.807) is 0 Å². The van der Waals surface area contributed by atoms with Crippen molar-refractivity contribution >= 4 is 8.32 Å². The fourth-order valence-electron chi connectivity index (χ4n) is 2.17. The molecule has 1 nitrogen and oxygen atoms in total. The highest BCUT2D eigenvalue weighted by Gasteiger charge is 2.39. The molecule has 0 bridgehead atoms. The molecule has 0 radical (unpaired) electrons. The molecule has 128 valence electrons. The van der Waals surface area contributed by atoms with Crippen molar-refractivity contribution in [1.29, 1.82) is 0 Å². The van der Waals surface area contributed by atoms with Crippen LogP contribution >= 0.6 is 0 Å². The maximum atomic E-state index is 6.67. The van der Waals surface area contributed by atoms with Gasteiger partial charge in [-0.3, -0.25) is 0 Å². The molecule has 1 rings (SSSR count). The minimum absolute atomic E-state index is 0.226. The topological polar surface area (TPSA) is 9.23 Å². The SMILES string of the molecule is C=CCC/C(C)=C(/CCc1ccccc1)O[Si](C)(C)C(C)(C)C. The zero-order valence-electron chi connectivity index (χ0n) is 15.9. The van der Waals surface area contributed by atoms with Crippen LogP contribution in [0.2, 0.25) is 18.1 Å². The third-order valence-corrected chi connectivity index (χ3v) is 9.24. The summed E-state index contributed by atoms with van der Waals surface area (Å²) in [6, 6.07) is 10.7. The summed E-state index contributed by atoms with van der Waals surface area (Å²) in [5, 5.41) is 0.226. The molecule has 0 fully saturated rings. The predicted molar refractivity (Wildman–Crippen MR) is 105 cm³/mol. The van der Waals surface area contributed by atoms with Gasteiger partial charge in [0.15, 0.2) is 0 Å². The Kier molecular flexibility index (Phi) is 7.33. The van der Waals surface area contributed by atoms with Gasteiger partial charge < -0.3 is 4.43 Å². The summed E-state index contributed by atoms with van der Waals surface area (Å²) in [5.74, 6) is 1.21. The fraction of sp³-hybridized carbons (Fsp3) is 0.524. The van der Waals surface area contributed by atoms with Crippen LogP contribution < -0.4 is 0 Å². The maximum Gasteiger partial charge on any atom is 0.250 e. The Balaban J connectivity index is 2.91. The second-order valence-electron chi connectivity index (χ2n) is 7.88. The zero-order valence-corrected chi connectivity index (χ0v) is 16.9. The highest BCUT2D eigenvalue weighted by molar-refractivity contribution is 6.74. The molecular weight excluding hydrogens is 296 g/mol. The van der Waals surface area contributed by atoms with Crippen LogP contribution in [0.15, 0.2) is 54.3 Å². The van der Waals surface area contributed by atoms with Crippen LogP contribution in [-0.4, -0.2) is 8.32 Å². The van der Waals surface area contributed by atoms with Gasteiger partial charge in [-0.05, 0) is 55.5 Å². The highest BCUT2D eigenvalue weighted by Crippen LogP contribution is 2.39. The highest BCUT2D eigenvalue weighted by atomic mass is 28.4. The van der Waals surface area contributed by atoms with E-state index >= 15 is 0 Å². The van der Waals surface area contributed by atoms with Gasteiger partial charge in [0.25, 0.3) is 0 Å². The van der Waals surface area contributed by atoms with Crippen LogP contribution in [0.3, 0.4) is 0 Å². The molecule has 0 N–H and O–H groups in total. The zero-order chi connectivity index (χ0) is 17.5. The van der Waals surface area contributed by atoms with Crippen molar-refractivity contribution in [3.05, 3.63) is 59.9 Å². The summed E-state index contributed by atoms with van der Waals surface area (Å²) in [6.45, 7) is 17.6. The quantitative estimate of drug-likeness (QED) is 0.287. The lowest BCUT2D eigenvalue weighted by Crippen LogP contribution is -2.40. The third kappa shape index (κ3) is 6.38. The van der Waals surface area contributed by atoms with E-state index in [4.69, 9.17) is 4.43 Å². The van der Waals surface area contributed by atoms with Crippen LogP contribution in [0.25, 0.3) is 0 Å². The summed E-state index contributed by atoms with van der Waals surface area (Å²) in [7, 11) is -1.79. The molecule has 0 aliphatic rings. The molecule has 0 atom stereocenters. The minimum Gasteiger partial charge on any atom is -0.547 e. The first-order chi connectivity index (χ1) is 10.7. The van der Waals surface area contributed by atoms with E-state index in [0.717, 1.165) is 25.7 Å². The number of benzene rings is 1. The normalized spacial score (nSPS) is 13.5. The van der Waals surface area contributed by atoms with E-state index < -0.39 is 8.32 Å². The molecule has 0 heterocycles. The lowest BCUT2D eigenvalue weighted by Gasteiger charge is -2.38. The van der Waals surface area contributed by atoms with Crippen molar-refractivity contribution in [2.24, 2.45) is 0 Å². The van der Waals surface area contributed by atoms with Crippen LogP contribution in [0.1, 0.15) is 52.5 Å². The van der Waals surface area contributed by atoms with Crippen molar-refractivity contribution in [2.75, 3.05) is 0 Å². The maximum absolute atomic E-state index is 6.67. The Morgan fingerprint density at radius 1 is 1.13 bits per heavy atom. The first kappa shape index (κ1) is 19.8. The molecule has 0 unspecified atom stereocenters. The van der Waals surface area contributed by atoms with Gasteiger partial charge in [-0.2, -0.15) is 0 Å². The standard InChI is InChI=1S/C21H34OSi/c1-8-9-13-18(2)20(22-23(6,7)21(3,4)5)17-16-19-14-11-10-12-15-19/h8,10-12,14-15H,1,9,13,16-17H2,2-7H3/b20-18-. The lowest BCUT2D eigenvalue weighted by atomic mass is 10.0. The first-order valence-electron chi connectivity index (χ1n) is 8.70. The smallest absolute Gasteiger partial charge is 0.250 e. The van der Waals surface area contributed by atoms with Crippen LogP contribution in [-0.2, 0) is 10.8 Å². The van der Waals surface area contributed by atoms with Gasteiger partial charge in [-0.25, -0.2) is 0 Å². The summed E-state index contributed by atoms with van der Waals surface area (Å²) in [4.78, 5) is 0. The summed E-state index contributed by atoms with van der Waals surface area (Å²) >= 11 is 0. The molecule has 0 amide bonds. The van der Waals surface area contributed by atoms with Gasteiger partial charge in [0, 0.05) is 6.42 Å². The van der Waals surface area contributed by atoms with Crippen molar-refractivity contribution in [3.63, 3.8) is 0 Å². The van der Waals surface area contributed by atoms with Gasteiger partial charge in [0.1, 0.15) is 0 Å². The number of aryl methyl sites for hydroxylation is 1. The molecule has 1 aromatic carbocycles. The van der Waals surface area contributed by atoms with Crippen molar-refractivity contribution in [1.82, 2.24) is 0 Å². The van der Waals surface area contributed by atoms with E-state index in [1.807, 2.05) is 6.08 Å². The van der Waals surface area contributed by atoms with Gasteiger partial charge in [0.05, 0.1) is 5.76 Å². The van der Waals surface area contributed by atoms with E-state index in [2.05, 4.69) is 77.7 Å². The molecule has 0 aromatic heterocycles. The number of hydrogen-bond acceptors (Lipinski definition) is 1. The van der Waals surface area contributed by atoms with Crippen LogP contribution in [0, 0.1) is 0 Å². The summed E-state index contributed by atoms with van der Waals surface area (Å²) < 4.78 is 6.67. The Labute approximate surface area is 144 Å². The molecule has 23 heavy (non-hydrogen) atoms. The molecular formula is C21H34OSi. The third-order valence-electron chi connectivity index (χ3n) is 4.87. The monoisotopic (exact) mass is 330 g/mol. The average molecular weight is 331 g/mol. The Morgan fingerprint density at radius 3 is 2.26 bits per heavy atom. The van der Waals surface area contributed by atoms with Crippen molar-refractivity contribution in [2.45, 2.75) is 71.5 Å². The van der Waals surface area contributed by atoms with Gasteiger partial charge in [-0.1, -0.05) is 57.2 Å². The van der Waals surface area contributed by atoms with Crippen LogP contribution in [0.4, 0.5) is 0 Å². The molecule has 0 aliphatic heterocycles. The molecule has 0 saturated heterocycles. The van der Waals surface area contributed by atoms with Crippen molar-refractivity contribution < 1.29 is 4.43 Å².